The van der Waals surface area contributed by atoms with Crippen molar-refractivity contribution in [1.82, 2.24) is 0 Å². The summed E-state index contributed by atoms with van der Waals surface area (Å²) < 4.78 is 0. The van der Waals surface area contributed by atoms with Crippen LogP contribution in [0.1, 0.15) is 18.1 Å². The molecular formula is C17H19NO2. The minimum absolute atomic E-state index is 0.352. The number of aliphatic carboxylic acids is 1. The minimum atomic E-state index is -0.967. The molecule has 3 heteroatoms. The summed E-state index contributed by atoms with van der Waals surface area (Å²) in [4.78, 5) is 10.8. The molecule has 0 heterocycles. The first-order chi connectivity index (χ1) is 9.61. The Bertz CT molecular complexity index is 590. The molecular weight excluding hydrogens is 250 g/mol. The van der Waals surface area contributed by atoms with Gasteiger partial charge < -0.3 is 10.8 Å². The van der Waals surface area contributed by atoms with Crippen molar-refractivity contribution in [3.63, 3.8) is 0 Å². The van der Waals surface area contributed by atoms with E-state index in [1.54, 1.807) is 0 Å². The zero-order valence-electron chi connectivity index (χ0n) is 11.5. The quantitative estimate of drug-likeness (QED) is 0.877. The van der Waals surface area contributed by atoms with Gasteiger partial charge in [0, 0.05) is 0 Å². The van der Waals surface area contributed by atoms with Crippen LogP contribution in [0.25, 0.3) is 11.1 Å². The zero-order valence-corrected chi connectivity index (χ0v) is 11.5. The Morgan fingerprint density at radius 1 is 1.15 bits per heavy atom. The molecule has 0 aromatic heterocycles. The number of nitrogens with two attached hydrogens (primary N) is 1. The number of hydrogen-bond acceptors (Lipinski definition) is 2. The van der Waals surface area contributed by atoms with E-state index in [2.05, 4.69) is 19.1 Å². The Kier molecular flexibility index (Phi) is 4.53. The second-order valence-corrected chi connectivity index (χ2v) is 4.86. The highest BCUT2D eigenvalue weighted by atomic mass is 16.4. The second-order valence-electron chi connectivity index (χ2n) is 4.86. The Morgan fingerprint density at radius 3 is 2.40 bits per heavy atom. The molecule has 1 unspecified atom stereocenters. The van der Waals surface area contributed by atoms with Gasteiger partial charge in [0.1, 0.15) is 6.04 Å². The number of carboxylic acid groups (broad SMARTS) is 1. The number of benzene rings is 2. The van der Waals surface area contributed by atoms with Gasteiger partial charge in [0.05, 0.1) is 0 Å². The predicted octanol–water partition coefficient (Wildman–Crippen LogP) is 2.87. The van der Waals surface area contributed by atoms with E-state index in [1.165, 1.54) is 11.1 Å². The maximum Gasteiger partial charge on any atom is 0.320 e. The summed E-state index contributed by atoms with van der Waals surface area (Å²) in [5, 5.41) is 8.82. The summed E-state index contributed by atoms with van der Waals surface area (Å²) in [6, 6.07) is 15.4. The van der Waals surface area contributed by atoms with E-state index >= 15 is 0 Å². The molecule has 0 aliphatic rings. The summed E-state index contributed by atoms with van der Waals surface area (Å²) in [5.41, 5.74) is 10.2. The molecule has 0 bridgehead atoms. The monoisotopic (exact) mass is 269 g/mol. The lowest BCUT2D eigenvalue weighted by atomic mass is 9.96. The fourth-order valence-corrected chi connectivity index (χ4v) is 2.27. The molecule has 0 aliphatic carbocycles. The third-order valence-corrected chi connectivity index (χ3v) is 3.44. The van der Waals surface area contributed by atoms with Crippen LogP contribution < -0.4 is 5.73 Å². The zero-order chi connectivity index (χ0) is 14.5. The third-order valence-electron chi connectivity index (χ3n) is 3.44. The van der Waals surface area contributed by atoms with Gasteiger partial charge >= 0.3 is 5.97 Å². The number of hydrogen-bond donors (Lipinski definition) is 2. The van der Waals surface area contributed by atoms with Crippen LogP contribution in [0.4, 0.5) is 0 Å². The van der Waals surface area contributed by atoms with Gasteiger partial charge in [0.15, 0.2) is 0 Å². The van der Waals surface area contributed by atoms with E-state index in [4.69, 9.17) is 10.8 Å². The average molecular weight is 269 g/mol. The lowest BCUT2D eigenvalue weighted by Gasteiger charge is -2.10. The van der Waals surface area contributed by atoms with Gasteiger partial charge in [-0.15, -0.1) is 0 Å². The van der Waals surface area contributed by atoms with Gasteiger partial charge in [-0.3, -0.25) is 4.79 Å². The molecule has 104 valence electrons. The molecule has 0 spiro atoms. The van der Waals surface area contributed by atoms with Gasteiger partial charge in [0.25, 0.3) is 0 Å². The maximum atomic E-state index is 10.8. The van der Waals surface area contributed by atoms with Crippen molar-refractivity contribution in [2.45, 2.75) is 25.8 Å². The summed E-state index contributed by atoms with van der Waals surface area (Å²) in [6.45, 7) is 2.14. The van der Waals surface area contributed by atoms with Gasteiger partial charge in [-0.2, -0.15) is 0 Å². The van der Waals surface area contributed by atoms with E-state index in [1.807, 2.05) is 36.4 Å². The van der Waals surface area contributed by atoms with Crippen molar-refractivity contribution >= 4 is 5.97 Å². The van der Waals surface area contributed by atoms with Gasteiger partial charge in [-0.25, -0.2) is 0 Å². The van der Waals surface area contributed by atoms with Crippen LogP contribution in [0.3, 0.4) is 0 Å². The van der Waals surface area contributed by atoms with Crippen molar-refractivity contribution in [2.75, 3.05) is 0 Å². The van der Waals surface area contributed by atoms with Crippen molar-refractivity contribution in [3.8, 4) is 11.1 Å². The van der Waals surface area contributed by atoms with E-state index in [0.29, 0.717) is 6.42 Å². The van der Waals surface area contributed by atoms with Gasteiger partial charge in [-0.1, -0.05) is 55.5 Å². The molecule has 0 saturated carbocycles. The van der Waals surface area contributed by atoms with Crippen molar-refractivity contribution < 1.29 is 9.90 Å². The summed E-state index contributed by atoms with van der Waals surface area (Å²) in [6.07, 6.45) is 1.34. The van der Waals surface area contributed by atoms with E-state index in [-0.39, 0.29) is 0 Å². The summed E-state index contributed by atoms with van der Waals surface area (Å²) in [5.74, 6) is -0.967. The minimum Gasteiger partial charge on any atom is -0.480 e. The molecule has 0 fully saturated rings. The van der Waals surface area contributed by atoms with Gasteiger partial charge in [0.2, 0.25) is 0 Å². The van der Waals surface area contributed by atoms with E-state index in [9.17, 15) is 4.79 Å². The molecule has 0 amide bonds. The second kappa shape index (κ2) is 6.35. The number of rotatable bonds is 5. The summed E-state index contributed by atoms with van der Waals surface area (Å²) >= 11 is 0. The van der Waals surface area contributed by atoms with E-state index in [0.717, 1.165) is 17.5 Å². The standard InChI is InChI=1S/C17H19NO2/c1-2-13-5-3-4-6-15(13)14-9-7-12(8-10-14)11-16(18)17(19)20/h3-10,16H,2,11,18H2,1H3,(H,19,20). The normalized spacial score (nSPS) is 12.1. The van der Waals surface area contributed by atoms with Crippen LogP contribution in [0, 0.1) is 0 Å². The van der Waals surface area contributed by atoms with Crippen LogP contribution in [0.5, 0.6) is 0 Å². The Labute approximate surface area is 119 Å². The van der Waals surface area contributed by atoms with Gasteiger partial charge in [-0.05, 0) is 35.1 Å². The van der Waals surface area contributed by atoms with Crippen LogP contribution in [-0.4, -0.2) is 17.1 Å². The van der Waals surface area contributed by atoms with Crippen LogP contribution in [0.2, 0.25) is 0 Å². The molecule has 20 heavy (non-hydrogen) atoms. The predicted molar refractivity (Wildman–Crippen MR) is 80.6 cm³/mol. The van der Waals surface area contributed by atoms with Crippen molar-refractivity contribution in [1.29, 1.82) is 0 Å². The molecule has 2 rings (SSSR count). The van der Waals surface area contributed by atoms with E-state index < -0.39 is 12.0 Å². The highest BCUT2D eigenvalue weighted by molar-refractivity contribution is 5.73. The van der Waals surface area contributed by atoms with Crippen molar-refractivity contribution in [3.05, 3.63) is 59.7 Å². The number of carbonyl (C=O) groups is 1. The highest BCUT2D eigenvalue weighted by Gasteiger charge is 2.12. The number of aryl methyl sites for hydroxylation is 1. The fraction of sp³-hybridized carbons (Fsp3) is 0.235. The maximum absolute atomic E-state index is 10.8. The third kappa shape index (κ3) is 3.25. The molecule has 3 N–H and O–H groups in total. The van der Waals surface area contributed by atoms with Crippen LogP contribution >= 0.6 is 0 Å². The largest absolute Gasteiger partial charge is 0.480 e. The fourth-order valence-electron chi connectivity index (χ4n) is 2.27. The first kappa shape index (κ1) is 14.3. The average Bonchev–Trinajstić information content (AvgIpc) is 2.48. The van der Waals surface area contributed by atoms with Crippen LogP contribution in [-0.2, 0) is 17.6 Å². The molecule has 1 atom stereocenters. The lowest BCUT2D eigenvalue weighted by Crippen LogP contribution is -2.32. The lowest BCUT2D eigenvalue weighted by molar-refractivity contribution is -0.138. The Balaban J connectivity index is 2.22. The highest BCUT2D eigenvalue weighted by Crippen LogP contribution is 2.24. The Morgan fingerprint density at radius 2 is 1.80 bits per heavy atom. The van der Waals surface area contributed by atoms with Crippen molar-refractivity contribution in [2.24, 2.45) is 5.73 Å². The molecule has 0 radical (unpaired) electrons. The molecule has 2 aromatic carbocycles. The number of carboxylic acids is 1. The Hall–Kier alpha value is -2.13. The first-order valence-electron chi connectivity index (χ1n) is 6.77. The molecule has 3 nitrogen and oxygen atoms in total. The summed E-state index contributed by atoms with van der Waals surface area (Å²) in [7, 11) is 0. The molecule has 2 aromatic rings. The first-order valence-corrected chi connectivity index (χ1v) is 6.77. The smallest absolute Gasteiger partial charge is 0.320 e. The topological polar surface area (TPSA) is 63.3 Å². The van der Waals surface area contributed by atoms with Crippen LogP contribution in [0.15, 0.2) is 48.5 Å². The molecule has 0 aliphatic heterocycles. The SMILES string of the molecule is CCc1ccccc1-c1ccc(CC(N)C(=O)O)cc1. The molecule has 0 saturated heterocycles.